The Balaban J connectivity index is 1.69. The third-order valence-electron chi connectivity index (χ3n) is 4.50. The van der Waals surface area contributed by atoms with Crippen LogP contribution in [0.3, 0.4) is 0 Å². The molecule has 134 valence electrons. The van der Waals surface area contributed by atoms with Crippen molar-refractivity contribution in [2.75, 3.05) is 6.54 Å². The van der Waals surface area contributed by atoms with Crippen LogP contribution in [-0.2, 0) is 12.6 Å². The predicted octanol–water partition coefficient (Wildman–Crippen LogP) is 5.62. The molecule has 2 nitrogen and oxygen atoms in total. The summed E-state index contributed by atoms with van der Waals surface area (Å²) in [4.78, 5) is 17.1. The summed E-state index contributed by atoms with van der Waals surface area (Å²) in [7, 11) is 0. The first-order valence-corrected chi connectivity index (χ1v) is 9.79. The molecule has 0 aliphatic carbocycles. The molecule has 0 radical (unpaired) electrons. The minimum absolute atomic E-state index is 0.181. The number of thiophene rings is 2. The Morgan fingerprint density at radius 1 is 1.04 bits per heavy atom. The summed E-state index contributed by atoms with van der Waals surface area (Å²) in [5, 5.41) is 3.99. The van der Waals surface area contributed by atoms with E-state index in [0.29, 0.717) is 6.54 Å². The van der Waals surface area contributed by atoms with E-state index in [2.05, 4.69) is 0 Å². The Morgan fingerprint density at radius 2 is 1.81 bits per heavy atom. The van der Waals surface area contributed by atoms with Crippen molar-refractivity contribution in [1.29, 1.82) is 0 Å². The van der Waals surface area contributed by atoms with E-state index in [1.165, 1.54) is 17.0 Å². The molecular weight excluding hydrogens is 379 g/mol. The van der Waals surface area contributed by atoms with Crippen LogP contribution in [-0.4, -0.2) is 17.4 Å². The van der Waals surface area contributed by atoms with Crippen molar-refractivity contribution in [3.05, 3.63) is 79.7 Å². The molecule has 0 saturated carbocycles. The van der Waals surface area contributed by atoms with E-state index >= 15 is 0 Å². The Hall–Kier alpha value is -2.12. The summed E-state index contributed by atoms with van der Waals surface area (Å²) in [5.74, 6) is -0.242. The van der Waals surface area contributed by atoms with Gasteiger partial charge in [-0.25, -0.2) is 0 Å². The second kappa shape index (κ2) is 6.55. The summed E-state index contributed by atoms with van der Waals surface area (Å²) in [5.41, 5.74) is 0.643. The Bertz CT molecular complexity index is 913. The van der Waals surface area contributed by atoms with Gasteiger partial charge in [0.25, 0.3) is 5.91 Å². The van der Waals surface area contributed by atoms with E-state index < -0.39 is 11.7 Å². The minimum atomic E-state index is -4.40. The number of amides is 1. The molecule has 4 rings (SSSR count). The number of alkyl halides is 3. The van der Waals surface area contributed by atoms with Gasteiger partial charge < -0.3 is 4.90 Å². The van der Waals surface area contributed by atoms with Crippen LogP contribution in [0.25, 0.3) is 0 Å². The number of hydrogen-bond acceptors (Lipinski definition) is 3. The van der Waals surface area contributed by atoms with E-state index in [4.69, 9.17) is 0 Å². The fraction of sp³-hybridized carbons (Fsp3) is 0.211. The van der Waals surface area contributed by atoms with Gasteiger partial charge >= 0.3 is 6.18 Å². The van der Waals surface area contributed by atoms with Crippen LogP contribution in [0.1, 0.15) is 37.3 Å². The first-order valence-electron chi connectivity index (χ1n) is 8.03. The van der Waals surface area contributed by atoms with Crippen molar-refractivity contribution in [2.24, 2.45) is 0 Å². The molecule has 1 atom stereocenters. The average Bonchev–Trinajstić information content (AvgIpc) is 3.31. The zero-order chi connectivity index (χ0) is 18.3. The van der Waals surface area contributed by atoms with Crippen molar-refractivity contribution in [2.45, 2.75) is 18.6 Å². The number of rotatable bonds is 2. The van der Waals surface area contributed by atoms with Gasteiger partial charge in [-0.05, 0) is 59.1 Å². The molecule has 2 aromatic heterocycles. The van der Waals surface area contributed by atoms with Gasteiger partial charge in [-0.15, -0.1) is 22.7 Å². The Labute approximate surface area is 156 Å². The fourth-order valence-corrected chi connectivity index (χ4v) is 5.01. The quantitative estimate of drug-likeness (QED) is 0.554. The van der Waals surface area contributed by atoms with Gasteiger partial charge in [-0.1, -0.05) is 6.07 Å². The molecule has 0 spiro atoms. The van der Waals surface area contributed by atoms with Crippen molar-refractivity contribution in [1.82, 2.24) is 4.90 Å². The summed E-state index contributed by atoms with van der Waals surface area (Å²) in [6, 6.07) is 10.3. The van der Waals surface area contributed by atoms with Crippen LogP contribution in [0.15, 0.2) is 53.2 Å². The first-order chi connectivity index (χ1) is 12.4. The van der Waals surface area contributed by atoms with Crippen LogP contribution in [0, 0.1) is 0 Å². The van der Waals surface area contributed by atoms with Crippen molar-refractivity contribution >= 4 is 28.6 Å². The molecule has 3 heterocycles. The van der Waals surface area contributed by atoms with Crippen LogP contribution >= 0.6 is 22.7 Å². The van der Waals surface area contributed by atoms with Gasteiger partial charge in [-0.2, -0.15) is 13.2 Å². The highest BCUT2D eigenvalue weighted by Crippen LogP contribution is 2.40. The normalized spacial score (nSPS) is 17.2. The van der Waals surface area contributed by atoms with E-state index in [0.717, 1.165) is 29.0 Å². The van der Waals surface area contributed by atoms with E-state index in [9.17, 15) is 18.0 Å². The molecule has 0 saturated heterocycles. The third kappa shape index (κ3) is 3.05. The fourth-order valence-electron chi connectivity index (χ4n) is 3.26. The van der Waals surface area contributed by atoms with Gasteiger partial charge in [0.1, 0.15) is 0 Å². The summed E-state index contributed by atoms with van der Waals surface area (Å²) >= 11 is 3.26. The smallest absolute Gasteiger partial charge is 0.326 e. The van der Waals surface area contributed by atoms with Crippen LogP contribution in [0.4, 0.5) is 13.2 Å². The minimum Gasteiger partial charge on any atom is -0.326 e. The monoisotopic (exact) mass is 393 g/mol. The van der Waals surface area contributed by atoms with Crippen molar-refractivity contribution < 1.29 is 18.0 Å². The highest BCUT2D eigenvalue weighted by molar-refractivity contribution is 7.10. The second-order valence-corrected chi connectivity index (χ2v) is 8.02. The van der Waals surface area contributed by atoms with Gasteiger partial charge in [0, 0.05) is 21.9 Å². The van der Waals surface area contributed by atoms with E-state index in [1.807, 2.05) is 29.0 Å². The maximum Gasteiger partial charge on any atom is 0.416 e. The number of carbonyl (C=O) groups is 1. The third-order valence-corrected chi connectivity index (χ3v) is 6.42. The number of hydrogen-bond donors (Lipinski definition) is 0. The molecule has 0 fully saturated rings. The lowest BCUT2D eigenvalue weighted by molar-refractivity contribution is -0.137. The standard InChI is InChI=1S/C19H14F3NOS2/c20-19(21,22)13-5-3-12(4-6-13)18(24)23-9-7-15-14(8-11-26-15)17(23)16-2-1-10-25-16/h1-6,8,10-11,17H,7,9H2/t17-/m0/s1. The first kappa shape index (κ1) is 17.3. The maximum absolute atomic E-state index is 13.1. The SMILES string of the molecule is O=C(c1ccc(C(F)(F)F)cc1)N1CCc2sccc2[C@H]1c1cccs1. The molecule has 0 N–H and O–H groups in total. The van der Waals surface area contributed by atoms with Gasteiger partial charge in [0.05, 0.1) is 11.6 Å². The lowest BCUT2D eigenvalue weighted by Gasteiger charge is -2.35. The molecule has 1 aromatic carbocycles. The molecule has 26 heavy (non-hydrogen) atoms. The molecule has 7 heteroatoms. The largest absolute Gasteiger partial charge is 0.416 e. The molecule has 3 aromatic rings. The molecule has 0 bridgehead atoms. The van der Waals surface area contributed by atoms with E-state index in [1.54, 1.807) is 27.6 Å². The zero-order valence-corrected chi connectivity index (χ0v) is 15.1. The second-order valence-electron chi connectivity index (χ2n) is 6.04. The molecule has 1 aliphatic heterocycles. The lowest BCUT2D eigenvalue weighted by atomic mass is 9.97. The lowest BCUT2D eigenvalue weighted by Crippen LogP contribution is -2.39. The summed E-state index contributed by atoms with van der Waals surface area (Å²) < 4.78 is 38.3. The summed E-state index contributed by atoms with van der Waals surface area (Å²) in [6.07, 6.45) is -3.64. The highest BCUT2D eigenvalue weighted by atomic mass is 32.1. The topological polar surface area (TPSA) is 20.3 Å². The number of halogens is 3. The zero-order valence-electron chi connectivity index (χ0n) is 13.5. The number of carbonyl (C=O) groups excluding carboxylic acids is 1. The molecule has 1 amide bonds. The van der Waals surface area contributed by atoms with Crippen LogP contribution in [0.2, 0.25) is 0 Å². The van der Waals surface area contributed by atoms with Crippen molar-refractivity contribution in [3.8, 4) is 0 Å². The predicted molar refractivity (Wildman–Crippen MR) is 96.7 cm³/mol. The Kier molecular flexibility index (Phi) is 4.36. The van der Waals surface area contributed by atoms with Gasteiger partial charge in [-0.3, -0.25) is 4.79 Å². The Morgan fingerprint density at radius 3 is 2.46 bits per heavy atom. The average molecular weight is 393 g/mol. The number of benzene rings is 1. The summed E-state index contributed by atoms with van der Waals surface area (Å²) in [6.45, 7) is 0.552. The van der Waals surface area contributed by atoms with Gasteiger partial charge in [0.2, 0.25) is 0 Å². The highest BCUT2D eigenvalue weighted by Gasteiger charge is 2.35. The number of fused-ring (bicyclic) bond motifs is 1. The van der Waals surface area contributed by atoms with Gasteiger partial charge in [0.15, 0.2) is 0 Å². The number of nitrogens with zero attached hydrogens (tertiary/aromatic N) is 1. The van der Waals surface area contributed by atoms with Crippen LogP contribution in [0.5, 0.6) is 0 Å². The maximum atomic E-state index is 13.1. The van der Waals surface area contributed by atoms with Crippen molar-refractivity contribution in [3.63, 3.8) is 0 Å². The molecule has 0 unspecified atom stereocenters. The molecular formula is C19H14F3NOS2. The van der Waals surface area contributed by atoms with Crippen LogP contribution < -0.4 is 0 Å². The molecule has 1 aliphatic rings. The van der Waals surface area contributed by atoms with E-state index in [-0.39, 0.29) is 17.5 Å².